The van der Waals surface area contributed by atoms with Crippen LogP contribution in [0.1, 0.15) is 5.56 Å². The van der Waals surface area contributed by atoms with Crippen LogP contribution in [0.5, 0.6) is 0 Å². The lowest BCUT2D eigenvalue weighted by molar-refractivity contribution is -0.151. The minimum atomic E-state index is -0.236. The second kappa shape index (κ2) is 8.08. The van der Waals surface area contributed by atoms with Crippen molar-refractivity contribution >= 4 is 5.97 Å². The van der Waals surface area contributed by atoms with Crippen molar-refractivity contribution in [3.63, 3.8) is 0 Å². The molecule has 3 rings (SSSR count). The van der Waals surface area contributed by atoms with Gasteiger partial charge in [0, 0.05) is 19.6 Å². The van der Waals surface area contributed by atoms with E-state index in [0.717, 1.165) is 24.2 Å². The quantitative estimate of drug-likeness (QED) is 0.859. The zero-order valence-electron chi connectivity index (χ0n) is 13.8. The SMILES string of the molecule is [CH2]CN1CCNCC1C(=O)OCc1ccc(-c2ccccc2)cc1. The largest absolute Gasteiger partial charge is 0.460 e. The molecule has 1 saturated heterocycles. The standard InChI is InChI=1S/C20H23N2O2/c1-2-22-13-12-21-14-19(22)20(23)24-15-16-8-10-18(11-9-16)17-6-4-3-5-7-17/h3-11,19,21H,1-2,12-15H2. The molecule has 1 N–H and O–H groups in total. The maximum atomic E-state index is 12.3. The summed E-state index contributed by atoms with van der Waals surface area (Å²) in [6.07, 6.45) is 0. The average molecular weight is 323 g/mol. The Balaban J connectivity index is 1.57. The molecular weight excluding hydrogens is 300 g/mol. The molecule has 0 saturated carbocycles. The lowest BCUT2D eigenvalue weighted by Crippen LogP contribution is -2.55. The zero-order valence-corrected chi connectivity index (χ0v) is 13.8. The summed E-state index contributed by atoms with van der Waals surface area (Å²) < 4.78 is 5.50. The molecule has 0 amide bonds. The van der Waals surface area contributed by atoms with E-state index in [9.17, 15) is 4.79 Å². The molecular formula is C20H23N2O2. The highest BCUT2D eigenvalue weighted by atomic mass is 16.5. The molecule has 1 atom stereocenters. The van der Waals surface area contributed by atoms with Gasteiger partial charge in [-0.2, -0.15) is 0 Å². The summed E-state index contributed by atoms with van der Waals surface area (Å²) in [6.45, 7) is 7.15. The van der Waals surface area contributed by atoms with Crippen molar-refractivity contribution in [2.45, 2.75) is 12.6 Å². The van der Waals surface area contributed by atoms with Crippen LogP contribution in [-0.4, -0.2) is 43.1 Å². The van der Waals surface area contributed by atoms with Crippen molar-refractivity contribution in [3.05, 3.63) is 67.1 Å². The highest BCUT2D eigenvalue weighted by Gasteiger charge is 2.28. The minimum absolute atomic E-state index is 0.182. The third-order valence-corrected chi connectivity index (χ3v) is 4.36. The van der Waals surface area contributed by atoms with E-state index in [1.165, 1.54) is 5.56 Å². The van der Waals surface area contributed by atoms with Crippen LogP contribution < -0.4 is 5.32 Å². The molecule has 4 heteroatoms. The zero-order chi connectivity index (χ0) is 16.8. The molecule has 2 aromatic carbocycles. The van der Waals surface area contributed by atoms with Crippen LogP contribution in [-0.2, 0) is 16.1 Å². The summed E-state index contributed by atoms with van der Waals surface area (Å²) in [6, 6.07) is 18.1. The third kappa shape index (κ3) is 4.02. The number of nitrogens with zero attached hydrogens (tertiary/aromatic N) is 1. The molecule has 24 heavy (non-hydrogen) atoms. The molecule has 4 nitrogen and oxygen atoms in total. The maximum Gasteiger partial charge on any atom is 0.325 e. The van der Waals surface area contributed by atoms with Gasteiger partial charge in [-0.25, -0.2) is 0 Å². The predicted molar refractivity (Wildman–Crippen MR) is 95.3 cm³/mol. The fourth-order valence-corrected chi connectivity index (χ4v) is 2.92. The Morgan fingerprint density at radius 1 is 1.12 bits per heavy atom. The van der Waals surface area contributed by atoms with Crippen LogP contribution in [0.4, 0.5) is 0 Å². The Kier molecular flexibility index (Phi) is 5.62. The van der Waals surface area contributed by atoms with Gasteiger partial charge in [0.25, 0.3) is 0 Å². The molecule has 1 unspecified atom stereocenters. The van der Waals surface area contributed by atoms with Gasteiger partial charge in [-0.05, 0) is 30.2 Å². The van der Waals surface area contributed by atoms with Gasteiger partial charge < -0.3 is 10.1 Å². The Morgan fingerprint density at radius 2 is 1.83 bits per heavy atom. The van der Waals surface area contributed by atoms with Crippen molar-refractivity contribution in [1.29, 1.82) is 0 Å². The Bertz CT molecular complexity index is 655. The molecule has 2 aromatic rings. The number of carbonyl (C=O) groups excluding carboxylic acids is 1. The highest BCUT2D eigenvalue weighted by molar-refractivity contribution is 5.76. The number of benzene rings is 2. The number of ether oxygens (including phenoxy) is 1. The van der Waals surface area contributed by atoms with E-state index < -0.39 is 0 Å². The first-order valence-corrected chi connectivity index (χ1v) is 8.33. The van der Waals surface area contributed by atoms with E-state index in [0.29, 0.717) is 19.7 Å². The van der Waals surface area contributed by atoms with Gasteiger partial charge in [0.15, 0.2) is 0 Å². The van der Waals surface area contributed by atoms with E-state index in [-0.39, 0.29) is 12.0 Å². The fraction of sp³-hybridized carbons (Fsp3) is 0.300. The molecule has 0 aromatic heterocycles. The predicted octanol–water partition coefficient (Wildman–Crippen LogP) is 2.50. The van der Waals surface area contributed by atoms with E-state index in [1.54, 1.807) is 0 Å². The Morgan fingerprint density at radius 3 is 2.54 bits per heavy atom. The van der Waals surface area contributed by atoms with Crippen LogP contribution in [0, 0.1) is 6.92 Å². The maximum absolute atomic E-state index is 12.3. The van der Waals surface area contributed by atoms with Crippen molar-refractivity contribution in [1.82, 2.24) is 10.2 Å². The summed E-state index contributed by atoms with van der Waals surface area (Å²) in [4.78, 5) is 14.4. The number of carbonyl (C=O) groups is 1. The molecule has 0 aliphatic carbocycles. The average Bonchev–Trinajstić information content (AvgIpc) is 2.67. The molecule has 125 valence electrons. The summed E-state index contributed by atoms with van der Waals surface area (Å²) in [5.74, 6) is -0.182. The van der Waals surface area contributed by atoms with Gasteiger partial charge in [0.1, 0.15) is 12.6 Å². The first-order chi connectivity index (χ1) is 11.8. The van der Waals surface area contributed by atoms with E-state index in [4.69, 9.17) is 4.74 Å². The normalized spacial score (nSPS) is 18.3. The van der Waals surface area contributed by atoms with Crippen molar-refractivity contribution in [2.75, 3.05) is 26.2 Å². The third-order valence-electron chi connectivity index (χ3n) is 4.36. The molecule has 0 spiro atoms. The number of hydrogen-bond donors (Lipinski definition) is 1. The van der Waals surface area contributed by atoms with E-state index in [1.807, 2.05) is 30.3 Å². The highest BCUT2D eigenvalue weighted by Crippen LogP contribution is 2.19. The van der Waals surface area contributed by atoms with E-state index in [2.05, 4.69) is 41.4 Å². The number of hydrogen-bond acceptors (Lipinski definition) is 4. The molecule has 0 bridgehead atoms. The van der Waals surface area contributed by atoms with Crippen LogP contribution in [0.15, 0.2) is 54.6 Å². The Hall–Kier alpha value is -2.17. The summed E-state index contributed by atoms with van der Waals surface area (Å²) >= 11 is 0. The van der Waals surface area contributed by atoms with Crippen LogP contribution in [0.25, 0.3) is 11.1 Å². The van der Waals surface area contributed by atoms with Gasteiger partial charge in [-0.3, -0.25) is 9.69 Å². The number of nitrogens with one attached hydrogen (secondary N) is 1. The first-order valence-electron chi connectivity index (χ1n) is 8.33. The number of piperazine rings is 1. The topological polar surface area (TPSA) is 41.6 Å². The van der Waals surface area contributed by atoms with Crippen molar-refractivity contribution in [3.8, 4) is 11.1 Å². The van der Waals surface area contributed by atoms with Gasteiger partial charge in [0.2, 0.25) is 0 Å². The number of rotatable bonds is 5. The van der Waals surface area contributed by atoms with Crippen molar-refractivity contribution < 1.29 is 9.53 Å². The molecule has 1 aliphatic heterocycles. The summed E-state index contributed by atoms with van der Waals surface area (Å²) in [5.41, 5.74) is 3.33. The van der Waals surface area contributed by atoms with Crippen LogP contribution in [0.3, 0.4) is 0 Å². The molecule has 1 heterocycles. The molecule has 1 aliphatic rings. The van der Waals surface area contributed by atoms with E-state index >= 15 is 0 Å². The smallest absolute Gasteiger partial charge is 0.325 e. The second-order valence-electron chi connectivity index (χ2n) is 5.93. The van der Waals surface area contributed by atoms with Gasteiger partial charge >= 0.3 is 5.97 Å². The molecule has 1 fully saturated rings. The monoisotopic (exact) mass is 323 g/mol. The second-order valence-corrected chi connectivity index (χ2v) is 5.93. The molecule has 1 radical (unpaired) electrons. The van der Waals surface area contributed by atoms with Gasteiger partial charge in [0.05, 0.1) is 0 Å². The lowest BCUT2D eigenvalue weighted by Gasteiger charge is -2.33. The van der Waals surface area contributed by atoms with Crippen LogP contribution in [0.2, 0.25) is 0 Å². The summed E-state index contributed by atoms with van der Waals surface area (Å²) in [7, 11) is 0. The van der Waals surface area contributed by atoms with Crippen molar-refractivity contribution in [2.24, 2.45) is 0 Å². The van der Waals surface area contributed by atoms with Crippen LogP contribution >= 0.6 is 0 Å². The summed E-state index contributed by atoms with van der Waals surface area (Å²) in [5, 5.41) is 3.23. The minimum Gasteiger partial charge on any atom is -0.460 e. The fourth-order valence-electron chi connectivity index (χ4n) is 2.92. The number of esters is 1. The first kappa shape index (κ1) is 16.7. The van der Waals surface area contributed by atoms with Gasteiger partial charge in [-0.1, -0.05) is 54.6 Å². The Labute approximate surface area is 143 Å². The lowest BCUT2D eigenvalue weighted by atomic mass is 10.0. The van der Waals surface area contributed by atoms with Gasteiger partial charge in [-0.15, -0.1) is 0 Å².